The van der Waals surface area contributed by atoms with Crippen LogP contribution in [0.4, 0.5) is 0 Å². The number of rotatable bonds is 3. The number of benzene rings is 1. The lowest BCUT2D eigenvalue weighted by atomic mass is 10.2. The number of sulfonamides is 1. The smallest absolute Gasteiger partial charge is 0.243 e. The molecule has 2 aliphatic rings. The van der Waals surface area contributed by atoms with Gasteiger partial charge in [0.2, 0.25) is 16.8 Å². The van der Waals surface area contributed by atoms with E-state index in [0.29, 0.717) is 35.0 Å². The van der Waals surface area contributed by atoms with E-state index in [1.165, 1.54) is 4.31 Å². The highest BCUT2D eigenvalue weighted by molar-refractivity contribution is 7.89. The van der Waals surface area contributed by atoms with Gasteiger partial charge in [-0.3, -0.25) is 0 Å². The zero-order chi connectivity index (χ0) is 14.3. The van der Waals surface area contributed by atoms with Crippen LogP contribution in [-0.4, -0.2) is 45.7 Å². The summed E-state index contributed by atoms with van der Waals surface area (Å²) in [5.41, 5.74) is 0.683. The molecule has 6 nitrogen and oxygen atoms in total. The second-order valence-corrected chi connectivity index (χ2v) is 7.01. The average molecular weight is 335 g/mol. The summed E-state index contributed by atoms with van der Waals surface area (Å²) in [6.45, 7) is 2.97. The molecule has 2 heterocycles. The predicted molar refractivity (Wildman–Crippen MR) is 80.8 cm³/mol. The van der Waals surface area contributed by atoms with E-state index in [0.717, 1.165) is 6.42 Å². The molecule has 0 aliphatic carbocycles. The fraction of sp³-hybridized carbons (Fsp3) is 0.538. The molecule has 1 aromatic rings. The molecule has 3 rings (SSSR count). The topological polar surface area (TPSA) is 67.9 Å². The Labute approximate surface area is 130 Å². The lowest BCUT2D eigenvalue weighted by molar-refractivity contribution is 0.174. The van der Waals surface area contributed by atoms with Crippen molar-refractivity contribution in [3.05, 3.63) is 17.7 Å². The van der Waals surface area contributed by atoms with Crippen LogP contribution in [0.25, 0.3) is 0 Å². The van der Waals surface area contributed by atoms with Crippen LogP contribution in [0.3, 0.4) is 0 Å². The van der Waals surface area contributed by atoms with Crippen molar-refractivity contribution in [1.82, 2.24) is 9.62 Å². The van der Waals surface area contributed by atoms with Gasteiger partial charge in [-0.15, -0.1) is 12.4 Å². The molecule has 1 aromatic carbocycles. The third-order valence-electron chi connectivity index (χ3n) is 3.85. The number of halogens is 1. The molecule has 2 aliphatic heterocycles. The number of nitrogens with zero attached hydrogens (tertiary/aromatic N) is 1. The largest absolute Gasteiger partial charge is 0.454 e. The van der Waals surface area contributed by atoms with Crippen LogP contribution in [0.5, 0.6) is 11.5 Å². The van der Waals surface area contributed by atoms with Crippen LogP contribution in [0.15, 0.2) is 17.0 Å². The summed E-state index contributed by atoms with van der Waals surface area (Å²) in [6, 6.07) is 3.51. The van der Waals surface area contributed by atoms with Gasteiger partial charge in [-0.1, -0.05) is 0 Å². The zero-order valence-corrected chi connectivity index (χ0v) is 13.6. The Hall–Kier alpha value is -1.02. The first kappa shape index (κ1) is 16.4. The highest BCUT2D eigenvalue weighted by Gasteiger charge is 2.34. The van der Waals surface area contributed by atoms with Crippen LogP contribution in [0.2, 0.25) is 0 Å². The molecule has 0 aromatic heterocycles. The van der Waals surface area contributed by atoms with Crippen molar-refractivity contribution in [2.45, 2.75) is 24.3 Å². The molecule has 1 fully saturated rings. The minimum Gasteiger partial charge on any atom is -0.454 e. The normalized spacial score (nSPS) is 21.3. The van der Waals surface area contributed by atoms with Crippen molar-refractivity contribution in [3.63, 3.8) is 0 Å². The summed E-state index contributed by atoms with van der Waals surface area (Å²) >= 11 is 0. The third kappa shape index (κ3) is 2.83. The fourth-order valence-corrected chi connectivity index (χ4v) is 4.35. The van der Waals surface area contributed by atoms with E-state index in [9.17, 15) is 8.42 Å². The second-order valence-electron chi connectivity index (χ2n) is 5.11. The van der Waals surface area contributed by atoms with E-state index >= 15 is 0 Å². The molecule has 8 heteroatoms. The lowest BCUT2D eigenvalue weighted by Gasteiger charge is -2.18. The number of fused-ring (bicyclic) bond motifs is 1. The van der Waals surface area contributed by atoms with Gasteiger partial charge in [-0.2, -0.15) is 4.31 Å². The Morgan fingerprint density at radius 2 is 1.95 bits per heavy atom. The van der Waals surface area contributed by atoms with Crippen LogP contribution >= 0.6 is 12.4 Å². The Kier molecular flexibility index (Phi) is 4.67. The molecule has 0 amide bonds. The van der Waals surface area contributed by atoms with Crippen LogP contribution in [0.1, 0.15) is 12.0 Å². The van der Waals surface area contributed by atoms with Gasteiger partial charge in [0.1, 0.15) is 0 Å². The zero-order valence-electron chi connectivity index (χ0n) is 12.0. The summed E-state index contributed by atoms with van der Waals surface area (Å²) in [4.78, 5) is 0.304. The summed E-state index contributed by atoms with van der Waals surface area (Å²) < 4.78 is 37.5. The van der Waals surface area contributed by atoms with Crippen LogP contribution in [-0.2, 0) is 10.0 Å². The number of ether oxygens (including phenoxy) is 2. The molecule has 1 saturated heterocycles. The van der Waals surface area contributed by atoms with Crippen molar-refractivity contribution in [3.8, 4) is 11.5 Å². The maximum absolute atomic E-state index is 12.7. The van der Waals surface area contributed by atoms with E-state index in [1.54, 1.807) is 19.1 Å². The second kappa shape index (κ2) is 6.00. The summed E-state index contributed by atoms with van der Waals surface area (Å²) in [5.74, 6) is 1.11. The van der Waals surface area contributed by atoms with E-state index in [4.69, 9.17) is 9.47 Å². The maximum Gasteiger partial charge on any atom is 0.243 e. The molecule has 1 atom stereocenters. The molecule has 0 radical (unpaired) electrons. The molecule has 0 saturated carbocycles. The molecule has 21 heavy (non-hydrogen) atoms. The van der Waals surface area contributed by atoms with Crippen molar-refractivity contribution in [2.75, 3.05) is 26.9 Å². The fourth-order valence-electron chi connectivity index (χ4n) is 2.62. The first-order valence-corrected chi connectivity index (χ1v) is 8.04. The quantitative estimate of drug-likeness (QED) is 0.897. The van der Waals surface area contributed by atoms with E-state index in [2.05, 4.69) is 5.32 Å². The van der Waals surface area contributed by atoms with Crippen molar-refractivity contribution in [2.24, 2.45) is 0 Å². The van der Waals surface area contributed by atoms with Crippen molar-refractivity contribution >= 4 is 22.4 Å². The Morgan fingerprint density at radius 1 is 1.29 bits per heavy atom. The Bertz CT molecular complexity index is 635. The third-order valence-corrected chi connectivity index (χ3v) is 5.85. The van der Waals surface area contributed by atoms with Crippen molar-refractivity contribution in [1.29, 1.82) is 0 Å². The van der Waals surface area contributed by atoms with Gasteiger partial charge in [0.05, 0.1) is 4.90 Å². The van der Waals surface area contributed by atoms with Gasteiger partial charge in [0, 0.05) is 25.2 Å². The molecule has 118 valence electrons. The summed E-state index contributed by atoms with van der Waals surface area (Å²) in [7, 11) is -1.62. The van der Waals surface area contributed by atoms with Gasteiger partial charge < -0.3 is 14.8 Å². The number of likely N-dealkylation sites (N-methyl/N-ethyl adjacent to an activating group) is 1. The maximum atomic E-state index is 12.7. The Balaban J connectivity index is 0.00000161. The molecular formula is C13H19ClN2O4S. The standard InChI is InChI=1S/C13H18N2O4S.ClH/c1-9-5-11-12(19-8-18-11)6-13(9)20(16,17)15-4-3-10(7-15)14-2;/h5-6,10,14H,3-4,7-8H2,1-2H3;1H. The SMILES string of the molecule is CNC1CCN(S(=O)(=O)c2cc3c(cc2C)OCO3)C1.Cl. The minimum absolute atomic E-state index is 0. The highest BCUT2D eigenvalue weighted by Crippen LogP contribution is 2.37. The van der Waals surface area contributed by atoms with Gasteiger partial charge in [0.25, 0.3) is 0 Å². The summed E-state index contributed by atoms with van der Waals surface area (Å²) in [5, 5.41) is 3.12. The van der Waals surface area contributed by atoms with Crippen LogP contribution in [0, 0.1) is 6.92 Å². The van der Waals surface area contributed by atoms with Gasteiger partial charge >= 0.3 is 0 Å². The van der Waals surface area contributed by atoms with Gasteiger partial charge in [0.15, 0.2) is 11.5 Å². The predicted octanol–water partition coefficient (Wildman–Crippen LogP) is 1.13. The molecule has 1 N–H and O–H groups in total. The molecular weight excluding hydrogens is 316 g/mol. The number of hydrogen-bond donors (Lipinski definition) is 1. The number of hydrogen-bond acceptors (Lipinski definition) is 5. The average Bonchev–Trinajstić information content (AvgIpc) is 3.05. The molecule has 1 unspecified atom stereocenters. The number of aryl methyl sites for hydroxylation is 1. The van der Waals surface area contributed by atoms with Gasteiger partial charge in [-0.25, -0.2) is 8.42 Å². The van der Waals surface area contributed by atoms with Crippen LogP contribution < -0.4 is 14.8 Å². The number of nitrogens with one attached hydrogen (secondary N) is 1. The molecule has 0 spiro atoms. The van der Waals surface area contributed by atoms with Crippen molar-refractivity contribution < 1.29 is 17.9 Å². The first-order chi connectivity index (χ1) is 9.52. The monoisotopic (exact) mass is 334 g/mol. The van der Waals surface area contributed by atoms with Gasteiger partial charge in [-0.05, 0) is 32.0 Å². The highest BCUT2D eigenvalue weighted by atomic mass is 35.5. The molecule has 0 bridgehead atoms. The minimum atomic E-state index is -3.48. The van der Waals surface area contributed by atoms with E-state index in [1.807, 2.05) is 7.05 Å². The Morgan fingerprint density at radius 3 is 2.57 bits per heavy atom. The summed E-state index contributed by atoms with van der Waals surface area (Å²) in [6.07, 6.45) is 0.833. The first-order valence-electron chi connectivity index (χ1n) is 6.60. The van der Waals surface area contributed by atoms with E-state index < -0.39 is 10.0 Å². The lowest BCUT2D eigenvalue weighted by Crippen LogP contribution is -2.33. The van der Waals surface area contributed by atoms with E-state index in [-0.39, 0.29) is 25.2 Å².